The second-order valence-electron chi connectivity index (χ2n) is 1.01. The molecule has 1 atom stereocenters. The number of Topliss-reactive ketones (excluding diaryl/α,β-unsaturated/α-hetero) is 1. The molecular formula is C3H4BBrO. The van der Waals surface area contributed by atoms with Gasteiger partial charge in [-0.05, 0) is 6.92 Å². The van der Waals surface area contributed by atoms with Crippen molar-refractivity contribution < 1.29 is 4.79 Å². The molecule has 0 saturated heterocycles. The number of alkyl halides is 1. The number of hydrogen-bond donors (Lipinski definition) is 0. The predicted molar refractivity (Wildman–Crippen MR) is 29.1 cm³/mol. The minimum absolute atomic E-state index is 0.0463. The fourth-order valence-corrected chi connectivity index (χ4v) is 0. The Bertz CT molecular complexity index is 61.8. The van der Waals surface area contributed by atoms with Crippen LogP contribution in [0, 0.1) is 0 Å². The van der Waals surface area contributed by atoms with Crippen LogP contribution in [0.3, 0.4) is 0 Å². The van der Waals surface area contributed by atoms with Crippen molar-refractivity contribution >= 4 is 29.6 Å². The summed E-state index contributed by atoms with van der Waals surface area (Å²) in [7, 11) is 5.00. The van der Waals surface area contributed by atoms with Crippen molar-refractivity contribution in [1.82, 2.24) is 0 Å². The second kappa shape index (κ2) is 2.40. The smallest absolute Gasteiger partial charge is 0.134 e. The minimum atomic E-state index is -0.475. The average Bonchev–Trinajstić information content (AvgIpc) is 1.36. The van der Waals surface area contributed by atoms with Gasteiger partial charge in [-0.2, -0.15) is 0 Å². The van der Waals surface area contributed by atoms with Crippen LogP contribution in [0.2, 0.25) is 0 Å². The monoisotopic (exact) mass is 146 g/mol. The van der Waals surface area contributed by atoms with Crippen molar-refractivity contribution in [1.29, 1.82) is 0 Å². The molecule has 0 aromatic rings. The molecule has 3 heteroatoms. The Labute approximate surface area is 46.6 Å². The molecule has 2 radical (unpaired) electrons. The molecule has 0 rings (SSSR count). The minimum Gasteiger partial charge on any atom is -0.300 e. The summed E-state index contributed by atoms with van der Waals surface area (Å²) in [5, 5.41) is 0. The summed E-state index contributed by atoms with van der Waals surface area (Å²) in [4.78, 5) is 9.97. The standard InChI is InChI=1S/C3H4BBrO/c1-2(6)3(4)5/h3H,1H3. The molecule has 0 aromatic carbocycles. The fraction of sp³-hybridized carbons (Fsp3) is 0.667. The van der Waals surface area contributed by atoms with E-state index in [1.54, 1.807) is 0 Å². The highest BCUT2D eigenvalue weighted by molar-refractivity contribution is 9.10. The normalized spacial score (nSPS) is 13.7. The van der Waals surface area contributed by atoms with E-state index in [0.717, 1.165) is 0 Å². The van der Waals surface area contributed by atoms with Crippen LogP contribution in [-0.4, -0.2) is 18.4 Å². The van der Waals surface area contributed by atoms with Crippen molar-refractivity contribution in [3.63, 3.8) is 0 Å². The van der Waals surface area contributed by atoms with Gasteiger partial charge in [-0.3, -0.25) is 4.79 Å². The summed E-state index contributed by atoms with van der Waals surface area (Å²) in [6.45, 7) is 1.43. The first-order valence-corrected chi connectivity index (χ1v) is 2.46. The van der Waals surface area contributed by atoms with Gasteiger partial charge in [-0.15, -0.1) is 0 Å². The summed E-state index contributed by atoms with van der Waals surface area (Å²) in [6.07, 6.45) is 0. The molecule has 0 heterocycles. The lowest BCUT2D eigenvalue weighted by atomic mass is 10.0. The zero-order valence-electron chi connectivity index (χ0n) is 3.44. The highest BCUT2D eigenvalue weighted by Gasteiger charge is 1.97. The van der Waals surface area contributed by atoms with Crippen LogP contribution < -0.4 is 0 Å². The number of halogens is 1. The Balaban J connectivity index is 3.26. The van der Waals surface area contributed by atoms with Gasteiger partial charge in [0, 0.05) is 4.73 Å². The number of carbonyl (C=O) groups is 1. The summed E-state index contributed by atoms with van der Waals surface area (Å²) in [5.74, 6) is -0.0463. The molecule has 0 amide bonds. The molecule has 0 fully saturated rings. The molecule has 0 N–H and O–H groups in total. The number of carbonyl (C=O) groups excluding carboxylic acids is 1. The van der Waals surface area contributed by atoms with Crippen molar-refractivity contribution in [3.8, 4) is 0 Å². The zero-order valence-corrected chi connectivity index (χ0v) is 5.03. The van der Waals surface area contributed by atoms with Gasteiger partial charge >= 0.3 is 0 Å². The Kier molecular flexibility index (Phi) is 2.48. The van der Waals surface area contributed by atoms with Gasteiger partial charge in [-0.25, -0.2) is 0 Å². The molecule has 0 aliphatic heterocycles. The van der Waals surface area contributed by atoms with Gasteiger partial charge in [0.2, 0.25) is 0 Å². The lowest BCUT2D eigenvalue weighted by molar-refractivity contribution is -0.115. The third kappa shape index (κ3) is 2.45. The maximum atomic E-state index is 9.97. The van der Waals surface area contributed by atoms with E-state index in [9.17, 15) is 4.79 Å². The molecular weight excluding hydrogens is 143 g/mol. The Morgan fingerprint density at radius 1 is 2.00 bits per heavy atom. The largest absolute Gasteiger partial charge is 0.300 e. The fourth-order valence-electron chi connectivity index (χ4n) is 0. The lowest BCUT2D eigenvalue weighted by Crippen LogP contribution is -2.07. The summed E-state index contributed by atoms with van der Waals surface area (Å²) in [5.41, 5.74) is 0. The van der Waals surface area contributed by atoms with Crippen LogP contribution in [-0.2, 0) is 4.79 Å². The van der Waals surface area contributed by atoms with Crippen LogP contribution in [0.5, 0.6) is 0 Å². The summed E-state index contributed by atoms with van der Waals surface area (Å²) >= 11 is 2.87. The van der Waals surface area contributed by atoms with E-state index in [1.807, 2.05) is 0 Å². The van der Waals surface area contributed by atoms with E-state index in [0.29, 0.717) is 0 Å². The first-order valence-electron chi connectivity index (χ1n) is 1.54. The van der Waals surface area contributed by atoms with Crippen LogP contribution in [0.4, 0.5) is 0 Å². The van der Waals surface area contributed by atoms with Crippen LogP contribution in [0.15, 0.2) is 0 Å². The van der Waals surface area contributed by atoms with Crippen LogP contribution >= 0.6 is 15.9 Å². The predicted octanol–water partition coefficient (Wildman–Crippen LogP) is 0.465. The molecule has 32 valence electrons. The maximum absolute atomic E-state index is 9.97. The average molecular weight is 147 g/mol. The van der Waals surface area contributed by atoms with Crippen molar-refractivity contribution in [2.24, 2.45) is 0 Å². The molecule has 1 unspecified atom stereocenters. The van der Waals surface area contributed by atoms with E-state index < -0.39 is 4.73 Å². The Morgan fingerprint density at radius 3 is 2.17 bits per heavy atom. The quantitative estimate of drug-likeness (QED) is 0.388. The summed E-state index contributed by atoms with van der Waals surface area (Å²) < 4.78 is -0.475. The van der Waals surface area contributed by atoms with Crippen molar-refractivity contribution in [2.75, 3.05) is 0 Å². The number of ketones is 1. The molecule has 0 aliphatic carbocycles. The van der Waals surface area contributed by atoms with E-state index in [1.165, 1.54) is 6.92 Å². The van der Waals surface area contributed by atoms with Crippen molar-refractivity contribution in [2.45, 2.75) is 11.7 Å². The molecule has 0 spiro atoms. The molecule has 1 nitrogen and oxygen atoms in total. The van der Waals surface area contributed by atoms with Gasteiger partial charge in [0.05, 0.1) is 7.85 Å². The first kappa shape index (κ1) is 6.21. The zero-order chi connectivity index (χ0) is 5.15. The van der Waals surface area contributed by atoms with Crippen LogP contribution in [0.25, 0.3) is 0 Å². The topological polar surface area (TPSA) is 17.1 Å². The molecule has 0 bridgehead atoms. The maximum Gasteiger partial charge on any atom is 0.134 e. The molecule has 0 aliphatic rings. The van der Waals surface area contributed by atoms with Gasteiger partial charge in [0.15, 0.2) is 0 Å². The van der Waals surface area contributed by atoms with E-state index in [2.05, 4.69) is 15.9 Å². The van der Waals surface area contributed by atoms with Gasteiger partial charge in [0.1, 0.15) is 5.78 Å². The summed E-state index contributed by atoms with van der Waals surface area (Å²) in [6, 6.07) is 0. The SMILES string of the molecule is [B]C(Br)C(C)=O. The highest BCUT2D eigenvalue weighted by Crippen LogP contribution is 1.91. The highest BCUT2D eigenvalue weighted by atomic mass is 79.9. The van der Waals surface area contributed by atoms with Gasteiger partial charge in [0.25, 0.3) is 0 Å². The third-order valence-corrected chi connectivity index (χ3v) is 1.03. The Morgan fingerprint density at radius 2 is 2.17 bits per heavy atom. The number of hydrogen-bond acceptors (Lipinski definition) is 1. The van der Waals surface area contributed by atoms with E-state index in [4.69, 9.17) is 7.85 Å². The lowest BCUT2D eigenvalue weighted by Gasteiger charge is -1.88. The molecule has 0 saturated carbocycles. The Hall–Kier alpha value is 0.215. The van der Waals surface area contributed by atoms with Gasteiger partial charge in [-0.1, -0.05) is 15.9 Å². The first-order chi connectivity index (χ1) is 2.64. The van der Waals surface area contributed by atoms with Gasteiger partial charge < -0.3 is 0 Å². The van der Waals surface area contributed by atoms with E-state index >= 15 is 0 Å². The number of rotatable bonds is 1. The third-order valence-electron chi connectivity index (χ3n) is 0.388. The van der Waals surface area contributed by atoms with Crippen LogP contribution in [0.1, 0.15) is 6.92 Å². The second-order valence-corrected chi connectivity index (χ2v) is 2.00. The van der Waals surface area contributed by atoms with Crippen molar-refractivity contribution in [3.05, 3.63) is 0 Å². The molecule has 6 heavy (non-hydrogen) atoms. The van der Waals surface area contributed by atoms with E-state index in [-0.39, 0.29) is 5.78 Å². The molecule has 0 aromatic heterocycles.